The zero-order valence-electron chi connectivity index (χ0n) is 26.6. The summed E-state index contributed by atoms with van der Waals surface area (Å²) in [5.74, 6) is -2.47. The predicted molar refractivity (Wildman–Crippen MR) is 175 cm³/mol. The first-order valence-corrected chi connectivity index (χ1v) is 16.4. The first kappa shape index (κ1) is 38.2. The number of nitrogens with zero attached hydrogens (tertiary/aromatic N) is 3. The standard InChI is InChI=1S/C31H47N7O7S/c1-5-26(41)36-18-37(27(42)6-2)20-38(19-36)28(43)13-15-46-17-25(40)35-29(21(3)4)31(45)34-24(8-7-14-32)30(44)33-23-11-9-22(16-39)10-12-23/h5-6,9,11-12,21-22,24,29,39H,1-2,7-8,10,13-20,32H2,3-4H3,(H,33,44)(H,34,45)(H,35,40)/t22?,24-,29-/m0/s1. The van der Waals surface area contributed by atoms with Gasteiger partial charge >= 0.3 is 0 Å². The fraction of sp³-hybridized carbons (Fsp3) is 0.548. The number of aliphatic hydroxyl groups excluding tert-OH is 1. The van der Waals surface area contributed by atoms with Gasteiger partial charge in [-0.1, -0.05) is 39.2 Å². The van der Waals surface area contributed by atoms with Crippen LogP contribution in [0.15, 0.2) is 49.2 Å². The number of amides is 6. The molecule has 0 spiro atoms. The van der Waals surface area contributed by atoms with Crippen LogP contribution in [0.2, 0.25) is 0 Å². The monoisotopic (exact) mass is 661 g/mol. The van der Waals surface area contributed by atoms with Crippen LogP contribution in [0.4, 0.5) is 0 Å². The molecule has 15 heteroatoms. The van der Waals surface area contributed by atoms with Crippen molar-refractivity contribution in [2.45, 2.75) is 51.6 Å². The Hall–Kier alpha value is -3.95. The van der Waals surface area contributed by atoms with Crippen molar-refractivity contribution < 1.29 is 33.9 Å². The Morgan fingerprint density at radius 3 is 2.17 bits per heavy atom. The van der Waals surface area contributed by atoms with E-state index in [4.69, 9.17) is 5.73 Å². The van der Waals surface area contributed by atoms with Gasteiger partial charge in [-0.25, -0.2) is 0 Å². The Morgan fingerprint density at radius 2 is 1.65 bits per heavy atom. The number of carbonyl (C=O) groups is 6. The molecule has 2 aliphatic rings. The van der Waals surface area contributed by atoms with Crippen LogP contribution in [0.5, 0.6) is 0 Å². The van der Waals surface area contributed by atoms with E-state index in [1.165, 1.54) is 26.5 Å². The van der Waals surface area contributed by atoms with E-state index in [-0.39, 0.29) is 62.3 Å². The van der Waals surface area contributed by atoms with Gasteiger partial charge in [-0.2, -0.15) is 11.8 Å². The molecule has 1 unspecified atom stereocenters. The summed E-state index contributed by atoms with van der Waals surface area (Å²) in [5, 5.41) is 17.6. The normalized spacial score (nSPS) is 17.5. The molecule has 14 nitrogen and oxygen atoms in total. The lowest BCUT2D eigenvalue weighted by atomic mass is 10.00. The van der Waals surface area contributed by atoms with E-state index in [9.17, 15) is 33.9 Å². The maximum absolute atomic E-state index is 13.2. The van der Waals surface area contributed by atoms with Crippen LogP contribution >= 0.6 is 11.8 Å². The summed E-state index contributed by atoms with van der Waals surface area (Å²) < 4.78 is 0. The largest absolute Gasteiger partial charge is 0.396 e. The molecule has 46 heavy (non-hydrogen) atoms. The molecule has 0 radical (unpaired) electrons. The average molecular weight is 662 g/mol. The van der Waals surface area contributed by atoms with Crippen LogP contribution < -0.4 is 21.7 Å². The zero-order valence-corrected chi connectivity index (χ0v) is 27.4. The van der Waals surface area contributed by atoms with E-state index in [1.807, 2.05) is 12.2 Å². The van der Waals surface area contributed by atoms with Gasteiger partial charge in [0.25, 0.3) is 0 Å². The van der Waals surface area contributed by atoms with Crippen LogP contribution in [0.3, 0.4) is 0 Å². The zero-order chi connectivity index (χ0) is 34.2. The highest BCUT2D eigenvalue weighted by atomic mass is 32.2. The quantitative estimate of drug-likeness (QED) is 0.104. The number of thioether (sulfide) groups is 1. The van der Waals surface area contributed by atoms with Gasteiger partial charge in [0.05, 0.1) is 25.8 Å². The second-order valence-electron chi connectivity index (χ2n) is 11.3. The van der Waals surface area contributed by atoms with Crippen molar-refractivity contribution in [3.63, 3.8) is 0 Å². The minimum Gasteiger partial charge on any atom is -0.396 e. The highest BCUT2D eigenvalue weighted by Gasteiger charge is 2.31. The molecular formula is C31H47N7O7S. The third-order valence-corrected chi connectivity index (χ3v) is 8.29. The molecule has 3 atom stereocenters. The van der Waals surface area contributed by atoms with Crippen molar-refractivity contribution in [2.75, 3.05) is 44.7 Å². The van der Waals surface area contributed by atoms with Gasteiger partial charge < -0.3 is 41.5 Å². The van der Waals surface area contributed by atoms with Gasteiger partial charge in [0.15, 0.2) is 0 Å². The summed E-state index contributed by atoms with van der Waals surface area (Å²) >= 11 is 1.20. The SMILES string of the molecule is C=CC(=O)N1CN(C(=O)C=C)CN(C(=O)CCSCC(=O)N[C@H](C(=O)N[C@@H](CCCN)C(=O)NC2=CCC(CO)C=C2)C(C)C)C1. The Morgan fingerprint density at radius 1 is 1.02 bits per heavy atom. The van der Waals surface area contributed by atoms with Crippen molar-refractivity contribution in [1.29, 1.82) is 0 Å². The fourth-order valence-corrected chi connectivity index (χ4v) is 5.39. The van der Waals surface area contributed by atoms with E-state index in [0.29, 0.717) is 31.5 Å². The van der Waals surface area contributed by atoms with Gasteiger partial charge in [0.2, 0.25) is 35.4 Å². The van der Waals surface area contributed by atoms with Crippen molar-refractivity contribution in [1.82, 2.24) is 30.7 Å². The topological polar surface area (TPSA) is 194 Å². The first-order valence-electron chi connectivity index (χ1n) is 15.2. The lowest BCUT2D eigenvalue weighted by Gasteiger charge is -2.41. The molecule has 1 saturated heterocycles. The minimum absolute atomic E-state index is 0.00211. The molecule has 6 amide bonds. The number of hydrogen-bond donors (Lipinski definition) is 5. The Kier molecular flexibility index (Phi) is 16.2. The number of rotatable bonds is 17. The molecule has 0 aromatic heterocycles. The maximum atomic E-state index is 13.2. The summed E-state index contributed by atoms with van der Waals surface area (Å²) in [6, 6.07) is -1.78. The second-order valence-corrected chi connectivity index (χ2v) is 12.4. The van der Waals surface area contributed by atoms with E-state index in [1.54, 1.807) is 19.9 Å². The smallest absolute Gasteiger partial charge is 0.248 e. The highest BCUT2D eigenvalue weighted by molar-refractivity contribution is 7.99. The number of allylic oxidation sites excluding steroid dienone is 2. The number of carbonyl (C=O) groups excluding carboxylic acids is 6. The molecule has 6 N–H and O–H groups in total. The Bertz CT molecular complexity index is 1180. The molecule has 1 heterocycles. The van der Waals surface area contributed by atoms with Gasteiger partial charge in [-0.15, -0.1) is 0 Å². The Labute approximate surface area is 274 Å². The van der Waals surface area contributed by atoms with Gasteiger partial charge in [0.1, 0.15) is 12.1 Å². The van der Waals surface area contributed by atoms with E-state index < -0.39 is 41.6 Å². The third kappa shape index (κ3) is 12.1. The second kappa shape index (κ2) is 19.5. The number of aliphatic hydroxyl groups is 1. The summed E-state index contributed by atoms with van der Waals surface area (Å²) in [6.07, 6.45) is 9.01. The van der Waals surface area contributed by atoms with Crippen molar-refractivity contribution in [2.24, 2.45) is 17.6 Å². The van der Waals surface area contributed by atoms with Crippen LogP contribution in [0, 0.1) is 11.8 Å². The molecule has 0 aromatic rings. The molecule has 0 saturated carbocycles. The lowest BCUT2D eigenvalue weighted by molar-refractivity contribution is -0.154. The van der Waals surface area contributed by atoms with Crippen molar-refractivity contribution in [3.8, 4) is 0 Å². The Balaban J connectivity index is 1.89. The fourth-order valence-electron chi connectivity index (χ4n) is 4.65. The average Bonchev–Trinajstić information content (AvgIpc) is 3.06. The van der Waals surface area contributed by atoms with Gasteiger partial charge in [-0.05, 0) is 50.0 Å². The lowest BCUT2D eigenvalue weighted by Crippen LogP contribution is -2.59. The van der Waals surface area contributed by atoms with Gasteiger partial charge in [-0.3, -0.25) is 28.8 Å². The number of hydrogen-bond acceptors (Lipinski definition) is 9. The van der Waals surface area contributed by atoms with E-state index >= 15 is 0 Å². The molecule has 1 fully saturated rings. The van der Waals surface area contributed by atoms with Crippen LogP contribution in [0.1, 0.15) is 39.5 Å². The number of nitrogens with two attached hydrogens (primary N) is 1. The molecule has 2 rings (SSSR count). The molecule has 0 aromatic carbocycles. The first-order chi connectivity index (χ1) is 21.9. The summed E-state index contributed by atoms with van der Waals surface area (Å²) in [6.45, 7) is 10.8. The highest BCUT2D eigenvalue weighted by Crippen LogP contribution is 2.15. The van der Waals surface area contributed by atoms with Crippen LogP contribution in [0.25, 0.3) is 0 Å². The van der Waals surface area contributed by atoms with Gasteiger partial charge in [0, 0.05) is 30.4 Å². The van der Waals surface area contributed by atoms with E-state index in [0.717, 1.165) is 12.2 Å². The molecule has 0 bridgehead atoms. The number of nitrogens with one attached hydrogen (secondary N) is 3. The molecule has 1 aliphatic carbocycles. The summed E-state index contributed by atoms with van der Waals surface area (Å²) in [7, 11) is 0. The van der Waals surface area contributed by atoms with Crippen LogP contribution in [-0.2, 0) is 28.8 Å². The predicted octanol–water partition coefficient (Wildman–Crippen LogP) is -0.213. The van der Waals surface area contributed by atoms with Crippen molar-refractivity contribution >= 4 is 47.2 Å². The molecular weight excluding hydrogens is 614 g/mol. The summed E-state index contributed by atoms with van der Waals surface area (Å²) in [5.41, 5.74) is 6.23. The summed E-state index contributed by atoms with van der Waals surface area (Å²) in [4.78, 5) is 80.2. The van der Waals surface area contributed by atoms with Crippen LogP contribution in [-0.4, -0.2) is 112 Å². The minimum atomic E-state index is -0.905. The molecule has 1 aliphatic heterocycles. The molecule has 254 valence electrons. The van der Waals surface area contributed by atoms with E-state index in [2.05, 4.69) is 29.1 Å². The third-order valence-electron chi connectivity index (χ3n) is 7.33. The van der Waals surface area contributed by atoms with Crippen molar-refractivity contribution in [3.05, 3.63) is 49.2 Å². The maximum Gasteiger partial charge on any atom is 0.248 e.